The van der Waals surface area contributed by atoms with Gasteiger partial charge in [-0.25, -0.2) is 4.98 Å². The summed E-state index contributed by atoms with van der Waals surface area (Å²) in [5.74, 6) is 0.579. The van der Waals surface area contributed by atoms with E-state index >= 15 is 0 Å². The number of hydrogen-bond acceptors (Lipinski definition) is 5. The Morgan fingerprint density at radius 1 is 1.06 bits per heavy atom. The Morgan fingerprint density at radius 3 is 2.35 bits per heavy atom. The minimum atomic E-state index is 0.186. The van der Waals surface area contributed by atoms with E-state index in [4.69, 9.17) is 17.2 Å². The van der Waals surface area contributed by atoms with E-state index in [-0.39, 0.29) is 5.95 Å². The molecular weight excluding hydrogens is 214 g/mol. The van der Waals surface area contributed by atoms with E-state index in [9.17, 15) is 0 Å². The van der Waals surface area contributed by atoms with Gasteiger partial charge < -0.3 is 17.2 Å². The SMILES string of the molecule is NCCc1ccc(-c2cnc(N)nc2N)cc1. The lowest BCUT2D eigenvalue weighted by Crippen LogP contribution is -2.03. The molecule has 0 saturated heterocycles. The number of hydrogen-bond donors (Lipinski definition) is 3. The summed E-state index contributed by atoms with van der Waals surface area (Å²) in [7, 11) is 0. The van der Waals surface area contributed by atoms with Crippen molar-refractivity contribution in [3.63, 3.8) is 0 Å². The number of aromatic nitrogens is 2. The van der Waals surface area contributed by atoms with Crippen LogP contribution in [0.2, 0.25) is 0 Å². The summed E-state index contributed by atoms with van der Waals surface area (Å²) in [4.78, 5) is 7.87. The van der Waals surface area contributed by atoms with Crippen molar-refractivity contribution < 1.29 is 0 Å². The lowest BCUT2D eigenvalue weighted by Gasteiger charge is -2.06. The van der Waals surface area contributed by atoms with Crippen molar-refractivity contribution in [2.24, 2.45) is 5.73 Å². The largest absolute Gasteiger partial charge is 0.383 e. The summed E-state index contributed by atoms with van der Waals surface area (Å²) in [6, 6.07) is 8.02. The highest BCUT2D eigenvalue weighted by atomic mass is 15.0. The van der Waals surface area contributed by atoms with Gasteiger partial charge in [0, 0.05) is 11.8 Å². The van der Waals surface area contributed by atoms with E-state index in [1.54, 1.807) is 6.20 Å². The quantitative estimate of drug-likeness (QED) is 0.722. The first-order valence-corrected chi connectivity index (χ1v) is 5.38. The number of nitrogen functional groups attached to an aromatic ring is 2. The van der Waals surface area contributed by atoms with Gasteiger partial charge in [-0.05, 0) is 24.1 Å². The van der Waals surface area contributed by atoms with Crippen LogP contribution in [0.3, 0.4) is 0 Å². The maximum Gasteiger partial charge on any atom is 0.221 e. The summed E-state index contributed by atoms with van der Waals surface area (Å²) in [6.45, 7) is 0.645. The Kier molecular flexibility index (Phi) is 3.20. The Hall–Kier alpha value is -2.14. The van der Waals surface area contributed by atoms with Gasteiger partial charge in [0.15, 0.2) is 0 Å². The molecule has 0 saturated carbocycles. The normalized spacial score (nSPS) is 10.4. The van der Waals surface area contributed by atoms with Crippen LogP contribution >= 0.6 is 0 Å². The van der Waals surface area contributed by atoms with Gasteiger partial charge in [-0.3, -0.25) is 0 Å². The van der Waals surface area contributed by atoms with Crippen LogP contribution in [0, 0.1) is 0 Å². The fraction of sp³-hybridized carbons (Fsp3) is 0.167. The summed E-state index contributed by atoms with van der Waals surface area (Å²) in [5, 5.41) is 0. The minimum absolute atomic E-state index is 0.186. The first-order chi connectivity index (χ1) is 8.20. The van der Waals surface area contributed by atoms with Crippen LogP contribution in [0.1, 0.15) is 5.56 Å². The highest BCUT2D eigenvalue weighted by Crippen LogP contribution is 2.24. The van der Waals surface area contributed by atoms with Crippen LogP contribution in [0.15, 0.2) is 30.5 Å². The third-order valence-corrected chi connectivity index (χ3v) is 2.53. The molecule has 1 aromatic heterocycles. The van der Waals surface area contributed by atoms with Crippen molar-refractivity contribution >= 4 is 11.8 Å². The molecule has 0 atom stereocenters. The highest BCUT2D eigenvalue weighted by molar-refractivity contribution is 5.73. The zero-order valence-corrected chi connectivity index (χ0v) is 9.43. The van der Waals surface area contributed by atoms with Gasteiger partial charge in [-0.15, -0.1) is 0 Å². The molecule has 6 N–H and O–H groups in total. The van der Waals surface area contributed by atoms with E-state index in [0.717, 1.165) is 17.5 Å². The molecule has 0 spiro atoms. The number of nitrogens with two attached hydrogens (primary N) is 3. The zero-order valence-electron chi connectivity index (χ0n) is 9.43. The van der Waals surface area contributed by atoms with Crippen LogP contribution in [-0.4, -0.2) is 16.5 Å². The van der Waals surface area contributed by atoms with Crippen molar-refractivity contribution in [2.45, 2.75) is 6.42 Å². The van der Waals surface area contributed by atoms with E-state index in [2.05, 4.69) is 9.97 Å². The molecule has 0 unspecified atom stereocenters. The molecule has 2 aromatic rings. The van der Waals surface area contributed by atoms with Crippen molar-refractivity contribution in [1.82, 2.24) is 9.97 Å². The fourth-order valence-electron chi connectivity index (χ4n) is 1.65. The average molecular weight is 229 g/mol. The molecule has 5 nitrogen and oxygen atoms in total. The predicted octanol–water partition coefficient (Wildman–Crippen LogP) is 0.809. The van der Waals surface area contributed by atoms with Crippen LogP contribution in [-0.2, 0) is 6.42 Å². The van der Waals surface area contributed by atoms with Crippen LogP contribution in [0.5, 0.6) is 0 Å². The van der Waals surface area contributed by atoms with E-state index in [1.165, 1.54) is 5.56 Å². The third-order valence-electron chi connectivity index (χ3n) is 2.53. The Labute approximate surface area is 99.7 Å². The van der Waals surface area contributed by atoms with Gasteiger partial charge in [0.05, 0.1) is 0 Å². The van der Waals surface area contributed by atoms with Gasteiger partial charge in [0.25, 0.3) is 0 Å². The summed E-state index contributed by atoms with van der Waals surface area (Å²) in [5.41, 5.74) is 19.7. The average Bonchev–Trinajstić information content (AvgIpc) is 2.31. The second-order valence-electron chi connectivity index (χ2n) is 3.76. The molecule has 1 aromatic carbocycles. The Balaban J connectivity index is 2.33. The first-order valence-electron chi connectivity index (χ1n) is 5.38. The molecule has 0 aliphatic rings. The van der Waals surface area contributed by atoms with E-state index in [0.29, 0.717) is 12.4 Å². The van der Waals surface area contributed by atoms with Crippen molar-refractivity contribution in [3.8, 4) is 11.1 Å². The molecule has 0 aliphatic carbocycles. The molecule has 0 amide bonds. The molecule has 1 heterocycles. The standard InChI is InChI=1S/C12H15N5/c13-6-5-8-1-3-9(4-2-8)10-7-16-12(15)17-11(10)14/h1-4,7H,5-6,13H2,(H4,14,15,16,17). The molecule has 0 radical (unpaired) electrons. The smallest absolute Gasteiger partial charge is 0.221 e. The second kappa shape index (κ2) is 4.80. The molecule has 5 heteroatoms. The molecule has 17 heavy (non-hydrogen) atoms. The van der Waals surface area contributed by atoms with Gasteiger partial charge in [-0.2, -0.15) is 4.98 Å². The summed E-state index contributed by atoms with van der Waals surface area (Å²) in [6.07, 6.45) is 2.50. The highest BCUT2D eigenvalue weighted by Gasteiger charge is 2.05. The third kappa shape index (κ3) is 2.51. The maximum absolute atomic E-state index is 5.80. The van der Waals surface area contributed by atoms with Gasteiger partial charge in [-0.1, -0.05) is 24.3 Å². The number of anilines is 2. The predicted molar refractivity (Wildman–Crippen MR) is 69.1 cm³/mol. The van der Waals surface area contributed by atoms with Gasteiger partial charge >= 0.3 is 0 Å². The molecule has 0 fully saturated rings. The van der Waals surface area contributed by atoms with Crippen molar-refractivity contribution in [2.75, 3.05) is 18.0 Å². The lowest BCUT2D eigenvalue weighted by atomic mass is 10.0. The maximum atomic E-state index is 5.80. The van der Waals surface area contributed by atoms with Crippen LogP contribution in [0.4, 0.5) is 11.8 Å². The van der Waals surface area contributed by atoms with Gasteiger partial charge in [0.2, 0.25) is 5.95 Å². The van der Waals surface area contributed by atoms with E-state index < -0.39 is 0 Å². The first kappa shape index (κ1) is 11.3. The zero-order chi connectivity index (χ0) is 12.3. The minimum Gasteiger partial charge on any atom is -0.383 e. The van der Waals surface area contributed by atoms with Gasteiger partial charge in [0.1, 0.15) is 5.82 Å². The summed E-state index contributed by atoms with van der Waals surface area (Å²) < 4.78 is 0. The van der Waals surface area contributed by atoms with Crippen LogP contribution in [0.25, 0.3) is 11.1 Å². The number of benzene rings is 1. The van der Waals surface area contributed by atoms with E-state index in [1.807, 2.05) is 24.3 Å². The lowest BCUT2D eigenvalue weighted by molar-refractivity contribution is 0.969. The Bertz CT molecular complexity index is 507. The Morgan fingerprint density at radius 2 is 1.76 bits per heavy atom. The number of nitrogens with zero attached hydrogens (tertiary/aromatic N) is 2. The van der Waals surface area contributed by atoms with Crippen molar-refractivity contribution in [3.05, 3.63) is 36.0 Å². The summed E-state index contributed by atoms with van der Waals surface area (Å²) >= 11 is 0. The molecular formula is C12H15N5. The molecule has 88 valence electrons. The molecule has 0 aliphatic heterocycles. The van der Waals surface area contributed by atoms with Crippen molar-refractivity contribution in [1.29, 1.82) is 0 Å². The number of rotatable bonds is 3. The topological polar surface area (TPSA) is 104 Å². The monoisotopic (exact) mass is 229 g/mol. The fourth-order valence-corrected chi connectivity index (χ4v) is 1.65. The van der Waals surface area contributed by atoms with Crippen LogP contribution < -0.4 is 17.2 Å². The molecule has 0 bridgehead atoms. The molecule has 2 rings (SSSR count). The second-order valence-corrected chi connectivity index (χ2v) is 3.76.